The van der Waals surface area contributed by atoms with Crippen molar-refractivity contribution in [2.45, 2.75) is 34.6 Å². The predicted molar refractivity (Wildman–Crippen MR) is 117 cm³/mol. The number of hydrogen-bond donors (Lipinski definition) is 2. The molecule has 0 saturated carbocycles. The van der Waals surface area contributed by atoms with Gasteiger partial charge in [0.1, 0.15) is 17.3 Å². The molecule has 2 N–H and O–H groups in total. The highest BCUT2D eigenvalue weighted by atomic mass is 32.2. The van der Waals surface area contributed by atoms with E-state index in [4.69, 9.17) is 0 Å². The molecule has 0 bridgehead atoms. The molecule has 0 aliphatic carbocycles. The van der Waals surface area contributed by atoms with Gasteiger partial charge in [-0.1, -0.05) is 30.3 Å². The molecule has 0 aromatic heterocycles. The summed E-state index contributed by atoms with van der Waals surface area (Å²) >= 11 is 0. The van der Waals surface area contributed by atoms with Crippen molar-refractivity contribution in [2.24, 2.45) is 4.99 Å². The highest BCUT2D eigenvalue weighted by molar-refractivity contribution is 8.00. The minimum atomic E-state index is -3.72. The van der Waals surface area contributed by atoms with Crippen LogP contribution in [0.15, 0.2) is 47.0 Å². The number of hydrogen-bond acceptors (Lipinski definition) is 4. The molecule has 29 heavy (non-hydrogen) atoms. The number of sulfonamides is 1. The van der Waals surface area contributed by atoms with Gasteiger partial charge in [-0.3, -0.25) is 14.5 Å². The molecular formula is C22H25N3O3S. The summed E-state index contributed by atoms with van der Waals surface area (Å²) in [7, 11) is -3.72. The maximum atomic E-state index is 12.6. The Kier molecular flexibility index (Phi) is 5.61. The van der Waals surface area contributed by atoms with Gasteiger partial charge in [-0.15, -0.1) is 0 Å². The average Bonchev–Trinajstić information content (AvgIpc) is 2.87. The largest absolute Gasteiger partial charge is 0.324 e. The third kappa shape index (κ3) is 4.40. The Bertz CT molecular complexity index is 1160. The summed E-state index contributed by atoms with van der Waals surface area (Å²) in [5, 5.41) is 2.83. The second kappa shape index (κ2) is 7.83. The molecule has 0 fully saturated rings. The van der Waals surface area contributed by atoms with Crippen LogP contribution in [0.5, 0.6) is 0 Å². The molecule has 0 atom stereocenters. The number of nitrogens with one attached hydrogen (secondary N) is 2. The van der Waals surface area contributed by atoms with Crippen LogP contribution >= 0.6 is 0 Å². The van der Waals surface area contributed by atoms with Crippen LogP contribution in [0, 0.1) is 27.7 Å². The van der Waals surface area contributed by atoms with Crippen LogP contribution in [-0.4, -0.2) is 26.7 Å². The summed E-state index contributed by atoms with van der Waals surface area (Å²) in [6, 6.07) is 11.3. The molecule has 1 heterocycles. The first-order chi connectivity index (χ1) is 13.6. The fourth-order valence-electron chi connectivity index (χ4n) is 3.18. The fourth-order valence-corrected chi connectivity index (χ4v) is 4.69. The lowest BCUT2D eigenvalue weighted by Crippen LogP contribution is -2.25. The van der Waals surface area contributed by atoms with Gasteiger partial charge in [-0.25, -0.2) is 8.42 Å². The van der Waals surface area contributed by atoms with Crippen molar-refractivity contribution < 1.29 is 13.2 Å². The van der Waals surface area contributed by atoms with Crippen molar-refractivity contribution in [3.05, 3.63) is 69.8 Å². The zero-order valence-corrected chi connectivity index (χ0v) is 18.1. The zero-order valence-electron chi connectivity index (χ0n) is 17.3. The summed E-state index contributed by atoms with van der Waals surface area (Å²) in [5.41, 5.74) is 5.94. The summed E-state index contributed by atoms with van der Waals surface area (Å²) in [4.78, 5) is 16.7. The Morgan fingerprint density at radius 3 is 2.34 bits per heavy atom. The first-order valence-electron chi connectivity index (χ1n) is 9.32. The number of amidine groups is 1. The van der Waals surface area contributed by atoms with Crippen LogP contribution in [0.2, 0.25) is 0 Å². The number of aliphatic imine (C=N–C) groups is 1. The summed E-state index contributed by atoms with van der Waals surface area (Å²) in [6.07, 6.45) is 0. The van der Waals surface area contributed by atoms with Gasteiger partial charge >= 0.3 is 0 Å². The summed E-state index contributed by atoms with van der Waals surface area (Å²) in [5.74, 6) is -0.104. The standard InChI is InChI=1S/C22H25N3O3S/c1-13-6-7-15(3)19(10-13)24-20(26)12-23-22-17(5)21(29(27,28)25-22)18-9-8-14(2)16(4)11-18/h6-11H,12H2,1-5H3,(H,23,25)(H,24,26). The van der Waals surface area contributed by atoms with Crippen molar-refractivity contribution in [1.29, 1.82) is 0 Å². The quantitative estimate of drug-likeness (QED) is 0.805. The minimum absolute atomic E-state index is 0.178. The minimum Gasteiger partial charge on any atom is -0.324 e. The van der Waals surface area contributed by atoms with Crippen molar-refractivity contribution in [3.8, 4) is 0 Å². The zero-order chi connectivity index (χ0) is 21.3. The van der Waals surface area contributed by atoms with Crippen LogP contribution < -0.4 is 10.0 Å². The normalized spacial score (nSPS) is 16.8. The first-order valence-corrected chi connectivity index (χ1v) is 10.8. The Morgan fingerprint density at radius 1 is 0.966 bits per heavy atom. The van der Waals surface area contributed by atoms with Gasteiger partial charge in [0.2, 0.25) is 5.91 Å². The van der Waals surface area contributed by atoms with Crippen molar-refractivity contribution in [2.75, 3.05) is 11.9 Å². The Balaban J connectivity index is 1.84. The number of carbonyl (C=O) groups is 1. The molecule has 0 unspecified atom stereocenters. The Hall–Kier alpha value is -2.93. The lowest BCUT2D eigenvalue weighted by atomic mass is 10.0. The van der Waals surface area contributed by atoms with Crippen molar-refractivity contribution in [3.63, 3.8) is 0 Å². The average molecular weight is 412 g/mol. The second-order valence-electron chi connectivity index (χ2n) is 7.39. The van der Waals surface area contributed by atoms with Crippen LogP contribution in [0.3, 0.4) is 0 Å². The summed E-state index contributed by atoms with van der Waals surface area (Å²) in [6.45, 7) is 9.30. The number of aryl methyl sites for hydroxylation is 4. The van der Waals surface area contributed by atoms with Crippen molar-refractivity contribution >= 4 is 32.4 Å². The van der Waals surface area contributed by atoms with Crippen LogP contribution in [-0.2, 0) is 14.8 Å². The molecule has 1 amide bonds. The molecule has 152 valence electrons. The van der Waals surface area contributed by atoms with Gasteiger partial charge in [0.15, 0.2) is 0 Å². The topological polar surface area (TPSA) is 87.6 Å². The Labute approximate surface area is 171 Å². The molecule has 2 aromatic carbocycles. The molecule has 2 aromatic rings. The van der Waals surface area contributed by atoms with E-state index in [2.05, 4.69) is 15.0 Å². The van der Waals surface area contributed by atoms with Crippen molar-refractivity contribution in [1.82, 2.24) is 4.72 Å². The van der Waals surface area contributed by atoms with Gasteiger partial charge in [0, 0.05) is 11.3 Å². The van der Waals surface area contributed by atoms with Crippen LogP contribution in [0.1, 0.15) is 34.7 Å². The van der Waals surface area contributed by atoms with E-state index in [9.17, 15) is 13.2 Å². The third-order valence-corrected chi connectivity index (χ3v) is 6.55. The molecule has 1 aliphatic heterocycles. The smallest absolute Gasteiger partial charge is 0.264 e. The number of carbonyl (C=O) groups excluding carboxylic acids is 1. The molecule has 0 saturated heterocycles. The van der Waals surface area contributed by atoms with E-state index in [1.165, 1.54) is 0 Å². The lowest BCUT2D eigenvalue weighted by molar-refractivity contribution is -0.114. The number of benzene rings is 2. The lowest BCUT2D eigenvalue weighted by Gasteiger charge is -2.08. The van der Waals surface area contributed by atoms with E-state index in [1.54, 1.807) is 13.0 Å². The SMILES string of the molecule is CC1=C(c2ccc(C)c(C)c2)S(=O)(=O)NC1=NCC(=O)Nc1cc(C)ccc1C. The van der Waals surface area contributed by atoms with Crippen LogP contribution in [0.25, 0.3) is 4.91 Å². The van der Waals surface area contributed by atoms with E-state index in [1.807, 2.05) is 58.0 Å². The van der Waals surface area contributed by atoms with Gasteiger partial charge < -0.3 is 5.32 Å². The number of anilines is 1. The molecular weight excluding hydrogens is 386 g/mol. The van der Waals surface area contributed by atoms with Gasteiger partial charge in [-0.2, -0.15) is 0 Å². The first kappa shape index (κ1) is 20.8. The summed E-state index contributed by atoms with van der Waals surface area (Å²) < 4.78 is 27.8. The highest BCUT2D eigenvalue weighted by Gasteiger charge is 2.32. The third-order valence-electron chi connectivity index (χ3n) is 5.01. The number of rotatable bonds is 4. The van der Waals surface area contributed by atoms with E-state index < -0.39 is 10.0 Å². The van der Waals surface area contributed by atoms with Gasteiger partial charge in [-0.05, 0) is 68.5 Å². The molecule has 0 spiro atoms. The van der Waals surface area contributed by atoms with E-state index >= 15 is 0 Å². The maximum Gasteiger partial charge on any atom is 0.264 e. The van der Waals surface area contributed by atoms with E-state index in [-0.39, 0.29) is 23.2 Å². The number of amides is 1. The molecule has 0 radical (unpaired) electrons. The van der Waals surface area contributed by atoms with E-state index in [0.717, 1.165) is 27.9 Å². The molecule has 1 aliphatic rings. The predicted octanol–water partition coefficient (Wildman–Crippen LogP) is 3.62. The number of nitrogens with zero attached hydrogens (tertiary/aromatic N) is 1. The maximum absolute atomic E-state index is 12.6. The Morgan fingerprint density at radius 2 is 1.66 bits per heavy atom. The fraction of sp³-hybridized carbons (Fsp3) is 0.273. The monoisotopic (exact) mass is 411 g/mol. The van der Waals surface area contributed by atoms with Crippen LogP contribution in [0.4, 0.5) is 5.69 Å². The van der Waals surface area contributed by atoms with E-state index in [0.29, 0.717) is 11.1 Å². The molecule has 3 rings (SSSR count). The molecule has 7 heteroatoms. The highest BCUT2D eigenvalue weighted by Crippen LogP contribution is 2.30. The van der Waals surface area contributed by atoms with Gasteiger partial charge in [0.05, 0.1) is 0 Å². The second-order valence-corrected chi connectivity index (χ2v) is 9.01. The molecule has 6 nitrogen and oxygen atoms in total. The van der Waals surface area contributed by atoms with Gasteiger partial charge in [0.25, 0.3) is 10.0 Å².